The minimum atomic E-state index is -1.99. The molecule has 0 aliphatic carbocycles. The van der Waals surface area contributed by atoms with Crippen LogP contribution in [0.3, 0.4) is 0 Å². The van der Waals surface area contributed by atoms with Crippen LogP contribution in [0.25, 0.3) is 0 Å². The zero-order valence-corrected chi connectivity index (χ0v) is 69.4. The van der Waals surface area contributed by atoms with Crippen LogP contribution in [0.1, 0.15) is 348 Å². The van der Waals surface area contributed by atoms with Crippen LogP contribution in [-0.4, -0.2) is 193 Å². The van der Waals surface area contributed by atoms with E-state index in [2.05, 4.69) is 104 Å². The third-order valence-electron chi connectivity index (χ3n) is 21.9. The van der Waals surface area contributed by atoms with Crippen LogP contribution in [0.15, 0.2) is 97.2 Å². The van der Waals surface area contributed by atoms with Gasteiger partial charge in [0.05, 0.1) is 38.6 Å². The highest BCUT2D eigenvalue weighted by Gasteiger charge is 2.54. The molecule has 111 heavy (non-hydrogen) atoms. The number of rotatable bonds is 72. The van der Waals surface area contributed by atoms with Crippen molar-refractivity contribution in [3.05, 3.63) is 97.2 Å². The number of hydrogen-bond acceptors (Lipinski definition) is 18. The summed E-state index contributed by atoms with van der Waals surface area (Å²) in [6.07, 6.45) is 71.3. The van der Waals surface area contributed by atoms with Gasteiger partial charge in [-0.15, -0.1) is 0 Å². The number of amides is 1. The molecule has 12 N–H and O–H groups in total. The molecule has 3 rings (SSSR count). The average Bonchev–Trinajstić information content (AvgIpc) is 0.780. The number of carbonyl (C=O) groups excluding carboxylic acids is 1. The van der Waals surface area contributed by atoms with Gasteiger partial charge in [0.25, 0.3) is 0 Å². The van der Waals surface area contributed by atoms with Crippen LogP contribution in [0.2, 0.25) is 0 Å². The Morgan fingerprint density at radius 2 is 0.631 bits per heavy atom. The third kappa shape index (κ3) is 49.5. The molecular formula is C92H163NO18. The fraction of sp³-hybridized carbons (Fsp3) is 0.815. The van der Waals surface area contributed by atoms with E-state index in [9.17, 15) is 61.0 Å². The van der Waals surface area contributed by atoms with Crippen molar-refractivity contribution in [2.75, 3.05) is 26.4 Å². The Kier molecular flexibility index (Phi) is 65.1. The second-order valence-corrected chi connectivity index (χ2v) is 31.7. The van der Waals surface area contributed by atoms with Crippen molar-refractivity contribution in [3.63, 3.8) is 0 Å². The monoisotopic (exact) mass is 1570 g/mol. The lowest BCUT2D eigenvalue weighted by atomic mass is 9.96. The Morgan fingerprint density at radius 1 is 0.333 bits per heavy atom. The van der Waals surface area contributed by atoms with Crippen LogP contribution in [0, 0.1) is 0 Å². The molecule has 17 unspecified atom stereocenters. The number of aliphatic hydroxyl groups excluding tert-OH is 11. The van der Waals surface area contributed by atoms with Crippen molar-refractivity contribution in [2.45, 2.75) is 452 Å². The molecule has 0 saturated carbocycles. The maximum Gasteiger partial charge on any atom is 0.220 e. The van der Waals surface area contributed by atoms with E-state index in [1.807, 2.05) is 6.08 Å². The summed E-state index contributed by atoms with van der Waals surface area (Å²) in [6, 6.07) is -0.997. The lowest BCUT2D eigenvalue weighted by Gasteiger charge is -2.48. The van der Waals surface area contributed by atoms with E-state index < -0.39 is 124 Å². The van der Waals surface area contributed by atoms with Gasteiger partial charge < -0.3 is 89.9 Å². The molecular weight excluding hydrogens is 1410 g/mol. The molecule has 3 heterocycles. The fourth-order valence-corrected chi connectivity index (χ4v) is 14.7. The first-order valence-corrected chi connectivity index (χ1v) is 45.0. The summed E-state index contributed by atoms with van der Waals surface area (Å²) >= 11 is 0. The second kappa shape index (κ2) is 70.9. The van der Waals surface area contributed by atoms with Gasteiger partial charge in [-0.2, -0.15) is 0 Å². The lowest BCUT2D eigenvalue weighted by Crippen LogP contribution is -2.66. The number of ether oxygens (including phenoxy) is 6. The zero-order valence-electron chi connectivity index (χ0n) is 69.4. The van der Waals surface area contributed by atoms with Gasteiger partial charge in [-0.25, -0.2) is 0 Å². The van der Waals surface area contributed by atoms with Gasteiger partial charge in [0, 0.05) is 6.42 Å². The number of aliphatic hydroxyl groups is 11. The molecule has 17 atom stereocenters. The Hall–Kier alpha value is -3.29. The average molecular weight is 1570 g/mol. The maximum atomic E-state index is 13.5. The van der Waals surface area contributed by atoms with E-state index in [0.29, 0.717) is 12.8 Å². The van der Waals surface area contributed by atoms with Gasteiger partial charge >= 0.3 is 0 Å². The first-order valence-electron chi connectivity index (χ1n) is 45.0. The van der Waals surface area contributed by atoms with Crippen LogP contribution >= 0.6 is 0 Å². The molecule has 0 bridgehead atoms. The van der Waals surface area contributed by atoms with Crippen LogP contribution in [0.5, 0.6) is 0 Å². The smallest absolute Gasteiger partial charge is 0.220 e. The first-order chi connectivity index (χ1) is 54.3. The van der Waals surface area contributed by atoms with Crippen LogP contribution < -0.4 is 5.32 Å². The van der Waals surface area contributed by atoms with Crippen molar-refractivity contribution in [3.8, 4) is 0 Å². The second-order valence-electron chi connectivity index (χ2n) is 31.7. The third-order valence-corrected chi connectivity index (χ3v) is 21.9. The van der Waals surface area contributed by atoms with Gasteiger partial charge in [-0.3, -0.25) is 4.79 Å². The fourth-order valence-electron chi connectivity index (χ4n) is 14.7. The molecule has 0 aromatic rings. The highest BCUT2D eigenvalue weighted by Crippen LogP contribution is 2.33. The quantitative estimate of drug-likeness (QED) is 0.0199. The van der Waals surface area contributed by atoms with Gasteiger partial charge in [0.1, 0.15) is 73.2 Å². The van der Waals surface area contributed by atoms with Gasteiger partial charge in [0.15, 0.2) is 18.9 Å². The predicted octanol–water partition coefficient (Wildman–Crippen LogP) is 17.1. The molecule has 19 heteroatoms. The Bertz CT molecular complexity index is 2380. The molecule has 0 aromatic carbocycles. The number of nitrogens with one attached hydrogen (secondary N) is 1. The summed E-state index contributed by atoms with van der Waals surface area (Å²) in [5.74, 6) is -0.284. The summed E-state index contributed by atoms with van der Waals surface area (Å²) in [5, 5.41) is 121. The Morgan fingerprint density at radius 3 is 1.01 bits per heavy atom. The van der Waals surface area contributed by atoms with Crippen molar-refractivity contribution >= 4 is 5.91 Å². The Labute approximate surface area is 673 Å². The Balaban J connectivity index is 1.34. The summed E-state index contributed by atoms with van der Waals surface area (Å²) in [7, 11) is 0. The minimum Gasteiger partial charge on any atom is -0.394 e. The number of hydrogen-bond donors (Lipinski definition) is 12. The predicted molar refractivity (Wildman–Crippen MR) is 447 cm³/mol. The van der Waals surface area contributed by atoms with E-state index in [1.165, 1.54) is 238 Å². The molecule has 3 fully saturated rings. The number of unbranched alkanes of at least 4 members (excludes halogenated alkanes) is 42. The van der Waals surface area contributed by atoms with E-state index in [-0.39, 0.29) is 18.9 Å². The lowest BCUT2D eigenvalue weighted by molar-refractivity contribution is -0.379. The molecule has 19 nitrogen and oxygen atoms in total. The van der Waals surface area contributed by atoms with E-state index in [0.717, 1.165) is 77.0 Å². The summed E-state index contributed by atoms with van der Waals surface area (Å²) in [5.41, 5.74) is 0. The molecule has 644 valence electrons. The number of carbonyl (C=O) groups is 1. The first kappa shape index (κ1) is 102. The van der Waals surface area contributed by atoms with Crippen molar-refractivity contribution < 1.29 is 89.4 Å². The van der Waals surface area contributed by atoms with E-state index >= 15 is 0 Å². The highest BCUT2D eigenvalue weighted by atomic mass is 16.8. The molecule has 0 radical (unpaired) electrons. The highest BCUT2D eigenvalue weighted by molar-refractivity contribution is 5.76. The molecule has 0 aromatic heterocycles. The largest absolute Gasteiger partial charge is 0.394 e. The van der Waals surface area contributed by atoms with Gasteiger partial charge in [-0.1, -0.05) is 355 Å². The SMILES string of the molecule is CC/C=C\C/C=C\C/C=C\C/C=C\C/C=C\C/C=C\CCCCCCCCCCCCCCCCCCC(=O)NC(COC1OC(CO)C(OC2OC(CO)C(OC3OC(CO)C(O)C(O)C3O)C(O)C2O)C(O)C1O)C(O)/C=C/CC/C=C/CCCCCCCCCCCCCCCCCCCCCCCCCCC. The molecule has 3 aliphatic heterocycles. The zero-order chi connectivity index (χ0) is 80.3. The van der Waals surface area contributed by atoms with Crippen molar-refractivity contribution in [1.29, 1.82) is 0 Å². The minimum absolute atomic E-state index is 0.232. The molecule has 3 saturated heterocycles. The van der Waals surface area contributed by atoms with E-state index in [4.69, 9.17) is 28.4 Å². The van der Waals surface area contributed by atoms with Gasteiger partial charge in [0.2, 0.25) is 5.91 Å². The van der Waals surface area contributed by atoms with E-state index in [1.54, 1.807) is 6.08 Å². The van der Waals surface area contributed by atoms with Crippen LogP contribution in [0.4, 0.5) is 0 Å². The molecule has 1 amide bonds. The van der Waals surface area contributed by atoms with Crippen molar-refractivity contribution in [2.24, 2.45) is 0 Å². The van der Waals surface area contributed by atoms with Gasteiger partial charge in [-0.05, 0) is 83.5 Å². The van der Waals surface area contributed by atoms with Crippen molar-refractivity contribution in [1.82, 2.24) is 5.32 Å². The maximum absolute atomic E-state index is 13.5. The standard InChI is InChI=1S/C92H163NO18/c1-3-5-7-9-11-13-15-17-19-21-23-25-27-29-31-33-35-36-37-38-40-42-44-46-48-50-52-54-56-58-60-62-64-66-68-70-80(98)93-75(76(97)69-67-65-63-61-59-57-55-53-51-49-47-45-43-41-39-34-32-30-28-26-24-22-20-18-16-14-12-10-8-6-4-2)74-106-90-86(104)83(101)88(78(72-95)108-90)111-92-87(105)84(102)89(79(73-96)109-92)110-91-85(103)82(100)81(99)77(71-94)107-91/h5,7,11,13,17,19,23,25,29,31,35-36,59,61,67,69,75-79,81-92,94-97,99-105H,3-4,6,8-10,12,14-16,18,20-22,24,26-28,30,32-34,37-58,60,62-66,68,70-74H2,1-2H3,(H,93,98)/b7-5-,13-11-,19-17-,25-23-,31-29-,36-35-,61-59+,69-67+. The molecule has 0 spiro atoms. The molecule has 3 aliphatic rings. The summed E-state index contributed by atoms with van der Waals surface area (Å²) in [4.78, 5) is 13.5. The summed E-state index contributed by atoms with van der Waals surface area (Å²) < 4.78 is 34.5. The normalized spacial score (nSPS) is 25.5. The summed E-state index contributed by atoms with van der Waals surface area (Å²) in [6.45, 7) is 1.65. The number of allylic oxidation sites excluding steroid dienone is 15. The topological polar surface area (TPSA) is 307 Å². The van der Waals surface area contributed by atoms with Crippen LogP contribution in [-0.2, 0) is 33.2 Å².